The van der Waals surface area contributed by atoms with Gasteiger partial charge in [-0.3, -0.25) is 4.68 Å². The average molecular weight is 235 g/mol. The van der Waals surface area contributed by atoms with E-state index in [4.69, 9.17) is 0 Å². The Labute approximate surface area is 105 Å². The van der Waals surface area contributed by atoms with Gasteiger partial charge in [0.2, 0.25) is 0 Å². The molecule has 1 fully saturated rings. The van der Waals surface area contributed by atoms with Gasteiger partial charge in [-0.15, -0.1) is 0 Å². The highest BCUT2D eigenvalue weighted by molar-refractivity contribution is 4.99. The maximum absolute atomic E-state index is 4.59. The highest BCUT2D eigenvalue weighted by Crippen LogP contribution is 2.36. The van der Waals surface area contributed by atoms with Crippen LogP contribution in [0.1, 0.15) is 51.8 Å². The first-order valence-electron chi connectivity index (χ1n) is 6.95. The molecule has 0 amide bonds. The molecule has 1 aliphatic carbocycles. The van der Waals surface area contributed by atoms with E-state index < -0.39 is 0 Å². The SMILES string of the molecule is CCC(C)n1ccc(CNCC(C)C2CC2)n1. The maximum Gasteiger partial charge on any atom is 0.0762 e. The Morgan fingerprint density at radius 2 is 2.24 bits per heavy atom. The lowest BCUT2D eigenvalue weighted by molar-refractivity contribution is 0.449. The van der Waals surface area contributed by atoms with Crippen LogP contribution in [0.5, 0.6) is 0 Å². The van der Waals surface area contributed by atoms with Crippen LogP contribution < -0.4 is 5.32 Å². The van der Waals surface area contributed by atoms with Gasteiger partial charge in [-0.05, 0) is 50.6 Å². The van der Waals surface area contributed by atoms with Crippen molar-refractivity contribution in [1.29, 1.82) is 0 Å². The molecule has 0 bridgehead atoms. The molecule has 1 heterocycles. The Morgan fingerprint density at radius 3 is 2.88 bits per heavy atom. The number of hydrogen-bond donors (Lipinski definition) is 1. The zero-order chi connectivity index (χ0) is 12.3. The minimum absolute atomic E-state index is 0.508. The van der Waals surface area contributed by atoms with Gasteiger partial charge in [0.25, 0.3) is 0 Å². The number of hydrogen-bond acceptors (Lipinski definition) is 2. The second-order valence-electron chi connectivity index (χ2n) is 5.49. The normalized spacial score (nSPS) is 19.2. The molecular weight excluding hydrogens is 210 g/mol. The van der Waals surface area contributed by atoms with Gasteiger partial charge >= 0.3 is 0 Å². The second kappa shape index (κ2) is 5.67. The number of rotatable bonds is 7. The van der Waals surface area contributed by atoms with E-state index in [1.807, 2.05) is 0 Å². The Morgan fingerprint density at radius 1 is 1.47 bits per heavy atom. The first-order chi connectivity index (χ1) is 8.20. The van der Waals surface area contributed by atoms with Crippen LogP contribution in [0.2, 0.25) is 0 Å². The first-order valence-corrected chi connectivity index (χ1v) is 6.95. The lowest BCUT2D eigenvalue weighted by atomic mass is 10.1. The van der Waals surface area contributed by atoms with Gasteiger partial charge in [-0.1, -0.05) is 13.8 Å². The summed E-state index contributed by atoms with van der Waals surface area (Å²) in [7, 11) is 0. The number of aromatic nitrogens is 2. The molecule has 2 unspecified atom stereocenters. The van der Waals surface area contributed by atoms with Crippen molar-refractivity contribution < 1.29 is 0 Å². The topological polar surface area (TPSA) is 29.9 Å². The van der Waals surface area contributed by atoms with Crippen LogP contribution in [-0.4, -0.2) is 16.3 Å². The van der Waals surface area contributed by atoms with Gasteiger partial charge in [-0.2, -0.15) is 5.10 Å². The monoisotopic (exact) mass is 235 g/mol. The molecule has 1 saturated carbocycles. The fourth-order valence-corrected chi connectivity index (χ4v) is 2.16. The molecule has 0 aromatic carbocycles. The van der Waals surface area contributed by atoms with Gasteiger partial charge in [0.1, 0.15) is 0 Å². The lowest BCUT2D eigenvalue weighted by Gasteiger charge is -2.10. The fraction of sp³-hybridized carbons (Fsp3) is 0.786. The molecule has 2 rings (SSSR count). The first kappa shape index (κ1) is 12.6. The molecule has 3 heteroatoms. The van der Waals surface area contributed by atoms with Crippen molar-refractivity contribution in [3.8, 4) is 0 Å². The van der Waals surface area contributed by atoms with Crippen molar-refractivity contribution in [2.24, 2.45) is 11.8 Å². The standard InChI is InChI=1S/C14H25N3/c1-4-12(3)17-8-7-14(16-17)10-15-9-11(2)13-5-6-13/h7-8,11-13,15H,4-6,9-10H2,1-3H3. The number of nitrogens with one attached hydrogen (secondary N) is 1. The van der Waals surface area contributed by atoms with Gasteiger partial charge in [-0.25, -0.2) is 0 Å². The smallest absolute Gasteiger partial charge is 0.0762 e. The Hall–Kier alpha value is -0.830. The van der Waals surface area contributed by atoms with E-state index in [2.05, 4.69) is 48.1 Å². The van der Waals surface area contributed by atoms with E-state index in [9.17, 15) is 0 Å². The summed E-state index contributed by atoms with van der Waals surface area (Å²) in [6, 6.07) is 2.63. The van der Waals surface area contributed by atoms with Gasteiger partial charge in [0.05, 0.1) is 5.69 Å². The van der Waals surface area contributed by atoms with Crippen molar-refractivity contribution in [2.45, 2.75) is 52.6 Å². The molecule has 1 N–H and O–H groups in total. The zero-order valence-electron chi connectivity index (χ0n) is 11.3. The Bertz CT molecular complexity index is 341. The molecule has 17 heavy (non-hydrogen) atoms. The molecule has 0 radical (unpaired) electrons. The van der Waals surface area contributed by atoms with Crippen LogP contribution in [0, 0.1) is 11.8 Å². The Kier molecular flexibility index (Phi) is 4.21. The van der Waals surface area contributed by atoms with Crippen LogP contribution in [0.15, 0.2) is 12.3 Å². The van der Waals surface area contributed by atoms with Crippen LogP contribution in [-0.2, 0) is 6.54 Å². The third-order valence-corrected chi connectivity index (χ3v) is 3.91. The quantitative estimate of drug-likeness (QED) is 0.787. The molecule has 1 aliphatic rings. The highest BCUT2D eigenvalue weighted by Gasteiger charge is 2.27. The summed E-state index contributed by atoms with van der Waals surface area (Å²) in [5.41, 5.74) is 1.16. The van der Waals surface area contributed by atoms with Crippen LogP contribution in [0.4, 0.5) is 0 Å². The summed E-state index contributed by atoms with van der Waals surface area (Å²) < 4.78 is 2.07. The number of nitrogens with zero attached hydrogens (tertiary/aromatic N) is 2. The van der Waals surface area contributed by atoms with Crippen LogP contribution >= 0.6 is 0 Å². The third kappa shape index (κ3) is 3.56. The summed E-state index contributed by atoms with van der Waals surface area (Å²) in [5.74, 6) is 1.81. The largest absolute Gasteiger partial charge is 0.311 e. The van der Waals surface area contributed by atoms with E-state index in [0.717, 1.165) is 37.0 Å². The Balaban J connectivity index is 1.72. The van der Waals surface area contributed by atoms with Crippen molar-refractivity contribution in [1.82, 2.24) is 15.1 Å². The minimum Gasteiger partial charge on any atom is -0.311 e. The molecule has 3 nitrogen and oxygen atoms in total. The van der Waals surface area contributed by atoms with Crippen molar-refractivity contribution in [3.63, 3.8) is 0 Å². The second-order valence-corrected chi connectivity index (χ2v) is 5.49. The molecule has 1 aromatic rings. The molecule has 0 spiro atoms. The molecule has 0 aliphatic heterocycles. The summed E-state index contributed by atoms with van der Waals surface area (Å²) in [4.78, 5) is 0. The van der Waals surface area contributed by atoms with Crippen LogP contribution in [0.25, 0.3) is 0 Å². The van der Waals surface area contributed by atoms with Gasteiger partial charge in [0.15, 0.2) is 0 Å². The van der Waals surface area contributed by atoms with E-state index >= 15 is 0 Å². The third-order valence-electron chi connectivity index (χ3n) is 3.91. The molecule has 96 valence electrons. The van der Waals surface area contributed by atoms with Gasteiger partial charge < -0.3 is 5.32 Å². The average Bonchev–Trinajstić information content (AvgIpc) is 3.08. The van der Waals surface area contributed by atoms with Crippen molar-refractivity contribution in [2.75, 3.05) is 6.54 Å². The van der Waals surface area contributed by atoms with E-state index in [1.54, 1.807) is 0 Å². The fourth-order valence-electron chi connectivity index (χ4n) is 2.16. The predicted octanol–water partition coefficient (Wildman–Crippen LogP) is 2.99. The summed E-state index contributed by atoms with van der Waals surface area (Å²) in [6.45, 7) is 8.78. The zero-order valence-corrected chi connectivity index (χ0v) is 11.3. The minimum atomic E-state index is 0.508. The van der Waals surface area contributed by atoms with E-state index in [1.165, 1.54) is 12.8 Å². The molecule has 0 saturated heterocycles. The van der Waals surface area contributed by atoms with Gasteiger partial charge in [0, 0.05) is 18.8 Å². The summed E-state index contributed by atoms with van der Waals surface area (Å²) in [6.07, 6.45) is 6.10. The molecule has 1 aromatic heterocycles. The highest BCUT2D eigenvalue weighted by atomic mass is 15.3. The van der Waals surface area contributed by atoms with Crippen molar-refractivity contribution >= 4 is 0 Å². The van der Waals surface area contributed by atoms with Crippen LogP contribution in [0.3, 0.4) is 0 Å². The molecular formula is C14H25N3. The van der Waals surface area contributed by atoms with E-state index in [-0.39, 0.29) is 0 Å². The lowest BCUT2D eigenvalue weighted by Crippen LogP contribution is -2.22. The molecule has 2 atom stereocenters. The maximum atomic E-state index is 4.59. The summed E-state index contributed by atoms with van der Waals surface area (Å²) in [5, 5.41) is 8.11. The van der Waals surface area contributed by atoms with Crippen molar-refractivity contribution in [3.05, 3.63) is 18.0 Å². The predicted molar refractivity (Wildman–Crippen MR) is 70.8 cm³/mol. The summed E-state index contributed by atoms with van der Waals surface area (Å²) >= 11 is 0. The van der Waals surface area contributed by atoms with E-state index in [0.29, 0.717) is 6.04 Å².